The molecule has 0 aromatic carbocycles. The second kappa shape index (κ2) is 4.32. The minimum Gasteiger partial charge on any atom is -0.462 e. The van der Waals surface area contributed by atoms with Gasteiger partial charge in [0.25, 0.3) is 0 Å². The molecule has 0 amide bonds. The second-order valence-corrected chi connectivity index (χ2v) is 1.89. The average Bonchev–Trinajstić information content (AvgIpc) is 1.87. The largest absolute Gasteiger partial charge is 0.462 e. The van der Waals surface area contributed by atoms with E-state index in [4.69, 9.17) is 10.5 Å². The number of hydrogen-bond acceptors (Lipinski definition) is 2. The lowest BCUT2D eigenvalue weighted by Crippen LogP contribution is -2.17. The summed E-state index contributed by atoms with van der Waals surface area (Å²) < 4.78 is 4.72. The van der Waals surface area contributed by atoms with Crippen molar-refractivity contribution in [3.05, 3.63) is 0 Å². The molecular weight excluding hydrogens is 118 g/mol. The van der Waals surface area contributed by atoms with Crippen molar-refractivity contribution in [3.8, 4) is 0 Å². The van der Waals surface area contributed by atoms with E-state index in [0.717, 1.165) is 6.42 Å². The first-order chi connectivity index (χ1) is 4.20. The van der Waals surface area contributed by atoms with Crippen LogP contribution >= 0.6 is 0 Å². The van der Waals surface area contributed by atoms with Gasteiger partial charge in [-0.25, -0.2) is 5.73 Å². The predicted molar refractivity (Wildman–Crippen MR) is 33.8 cm³/mol. The van der Waals surface area contributed by atoms with Gasteiger partial charge in [-0.05, 0) is 13.3 Å². The maximum Gasteiger partial charge on any atom is 0.321 e. The van der Waals surface area contributed by atoms with Gasteiger partial charge in [0.2, 0.25) is 0 Å². The smallest absolute Gasteiger partial charge is 0.321 e. The number of carbonyl (C=O) groups is 1. The summed E-state index contributed by atoms with van der Waals surface area (Å²) in [6, 6.07) is 0. The lowest BCUT2D eigenvalue weighted by Gasteiger charge is -2.08. The first-order valence-corrected chi connectivity index (χ1v) is 3.04. The summed E-state index contributed by atoms with van der Waals surface area (Å²) in [6.45, 7) is 3.47. The highest BCUT2D eigenvalue weighted by atomic mass is 16.5. The Bertz CT molecular complexity index is 93.1. The van der Waals surface area contributed by atoms with Crippen LogP contribution < -0.4 is 5.73 Å². The zero-order chi connectivity index (χ0) is 7.28. The van der Waals surface area contributed by atoms with Gasteiger partial charge in [-0.3, -0.25) is 4.79 Å². The van der Waals surface area contributed by atoms with Crippen LogP contribution in [0.3, 0.4) is 0 Å². The molecule has 0 saturated heterocycles. The van der Waals surface area contributed by atoms with Gasteiger partial charge in [0.1, 0.15) is 6.54 Å². The van der Waals surface area contributed by atoms with E-state index >= 15 is 0 Å². The van der Waals surface area contributed by atoms with Gasteiger partial charge in [-0.2, -0.15) is 0 Å². The predicted octanol–water partition coefficient (Wildman–Crippen LogP) is 0.611. The van der Waals surface area contributed by atoms with Crippen LogP contribution in [0, 0.1) is 0 Å². The fourth-order valence-corrected chi connectivity index (χ4v) is 0.349. The molecule has 53 valence electrons. The molecule has 0 bridgehead atoms. The molecule has 0 rings (SSSR count). The van der Waals surface area contributed by atoms with E-state index in [0.29, 0.717) is 0 Å². The van der Waals surface area contributed by atoms with Crippen molar-refractivity contribution in [2.24, 2.45) is 0 Å². The van der Waals surface area contributed by atoms with Crippen LogP contribution in [-0.2, 0) is 9.53 Å². The van der Waals surface area contributed by atoms with E-state index in [2.05, 4.69) is 0 Å². The van der Waals surface area contributed by atoms with Crippen molar-refractivity contribution >= 4 is 5.97 Å². The van der Waals surface area contributed by atoms with Gasteiger partial charge in [-0.15, -0.1) is 0 Å². The van der Waals surface area contributed by atoms with Gasteiger partial charge in [0, 0.05) is 0 Å². The minimum absolute atomic E-state index is 0.0390. The molecule has 9 heavy (non-hydrogen) atoms. The molecule has 0 fully saturated rings. The Morgan fingerprint density at radius 3 is 2.67 bits per heavy atom. The number of esters is 1. The molecule has 0 aliphatic carbocycles. The Hall–Kier alpha value is -0.570. The zero-order valence-corrected chi connectivity index (χ0v) is 5.81. The maximum absolute atomic E-state index is 10.4. The van der Waals surface area contributed by atoms with Crippen LogP contribution in [0.1, 0.15) is 20.3 Å². The quantitative estimate of drug-likeness (QED) is 0.525. The number of hydrogen-bond donors (Lipinski definition) is 0. The first-order valence-electron chi connectivity index (χ1n) is 3.04. The Morgan fingerprint density at radius 2 is 2.33 bits per heavy atom. The summed E-state index contributed by atoms with van der Waals surface area (Å²) in [7, 11) is 0. The van der Waals surface area contributed by atoms with Crippen molar-refractivity contribution in [1.29, 1.82) is 0 Å². The molecule has 0 spiro atoms. The molecule has 0 saturated carbocycles. The van der Waals surface area contributed by atoms with Gasteiger partial charge in [0.05, 0.1) is 6.10 Å². The minimum atomic E-state index is -0.440. The Morgan fingerprint density at radius 1 is 1.78 bits per heavy atom. The summed E-state index contributed by atoms with van der Waals surface area (Å²) in [5.41, 5.74) is 6.60. The molecule has 1 N–H and O–H groups in total. The molecule has 0 aromatic rings. The second-order valence-electron chi connectivity index (χ2n) is 1.89. The summed E-state index contributed by atoms with van der Waals surface area (Å²) >= 11 is 0. The maximum atomic E-state index is 10.4. The number of rotatable bonds is 3. The Balaban J connectivity index is 3.34. The number of ether oxygens (including phenoxy) is 1. The first kappa shape index (κ1) is 8.43. The van der Waals surface area contributed by atoms with Gasteiger partial charge in [-0.1, -0.05) is 6.92 Å². The van der Waals surface area contributed by atoms with Gasteiger partial charge < -0.3 is 4.74 Å². The molecule has 0 aliphatic heterocycles. The molecule has 0 heterocycles. The molecule has 3 nitrogen and oxygen atoms in total. The van der Waals surface area contributed by atoms with E-state index in [-0.39, 0.29) is 12.6 Å². The summed E-state index contributed by atoms with van der Waals surface area (Å²) in [6.07, 6.45) is 0.772. The standard InChI is InChI=1S/C6H12NO2/c1-3-5(2)9-6(8)4-7/h5,7H,3-4H2,1-2H3. The highest BCUT2D eigenvalue weighted by Gasteiger charge is 2.03. The molecule has 1 radical (unpaired) electrons. The van der Waals surface area contributed by atoms with Crippen LogP contribution in [0.5, 0.6) is 0 Å². The van der Waals surface area contributed by atoms with E-state index in [1.54, 1.807) is 0 Å². The van der Waals surface area contributed by atoms with Crippen molar-refractivity contribution < 1.29 is 9.53 Å². The Kier molecular flexibility index (Phi) is 4.05. The third-order valence-corrected chi connectivity index (χ3v) is 1.05. The summed E-state index contributed by atoms with van der Waals surface area (Å²) in [4.78, 5) is 10.4. The fourth-order valence-electron chi connectivity index (χ4n) is 0.349. The lowest BCUT2D eigenvalue weighted by atomic mass is 10.3. The average molecular weight is 130 g/mol. The van der Waals surface area contributed by atoms with Crippen molar-refractivity contribution in [2.45, 2.75) is 26.4 Å². The highest BCUT2D eigenvalue weighted by molar-refractivity contribution is 5.71. The molecule has 0 aliphatic rings. The van der Waals surface area contributed by atoms with Gasteiger partial charge >= 0.3 is 5.97 Å². The van der Waals surface area contributed by atoms with E-state index < -0.39 is 5.97 Å². The van der Waals surface area contributed by atoms with E-state index in [9.17, 15) is 4.79 Å². The molecule has 1 unspecified atom stereocenters. The number of nitrogens with one attached hydrogen (secondary N) is 1. The summed E-state index contributed by atoms with van der Waals surface area (Å²) in [5.74, 6) is -0.440. The van der Waals surface area contributed by atoms with Crippen LogP contribution in [0.15, 0.2) is 0 Å². The van der Waals surface area contributed by atoms with Crippen LogP contribution in [0.4, 0.5) is 0 Å². The highest BCUT2D eigenvalue weighted by Crippen LogP contribution is 1.94. The van der Waals surface area contributed by atoms with Crippen molar-refractivity contribution in [1.82, 2.24) is 5.73 Å². The normalized spacial score (nSPS) is 12.8. The molecule has 1 atom stereocenters. The van der Waals surface area contributed by atoms with E-state index in [1.165, 1.54) is 0 Å². The summed E-state index contributed by atoms with van der Waals surface area (Å²) in [5, 5.41) is 0. The lowest BCUT2D eigenvalue weighted by molar-refractivity contribution is -0.146. The fraction of sp³-hybridized carbons (Fsp3) is 0.833. The third-order valence-electron chi connectivity index (χ3n) is 1.05. The van der Waals surface area contributed by atoms with Crippen LogP contribution in [0.2, 0.25) is 0 Å². The van der Waals surface area contributed by atoms with Crippen molar-refractivity contribution in [3.63, 3.8) is 0 Å². The monoisotopic (exact) mass is 130 g/mol. The Labute approximate surface area is 55.2 Å². The number of carbonyl (C=O) groups excluding carboxylic acids is 1. The van der Waals surface area contributed by atoms with Crippen LogP contribution in [-0.4, -0.2) is 18.6 Å². The zero-order valence-electron chi connectivity index (χ0n) is 5.81. The SMILES string of the molecule is CCC(C)OC(=O)C[NH]. The molecule has 3 heteroatoms. The molecular formula is C6H12NO2. The van der Waals surface area contributed by atoms with E-state index in [1.807, 2.05) is 13.8 Å². The third kappa shape index (κ3) is 3.97. The van der Waals surface area contributed by atoms with Crippen molar-refractivity contribution in [2.75, 3.05) is 6.54 Å². The molecule has 0 aromatic heterocycles. The van der Waals surface area contributed by atoms with Gasteiger partial charge in [0.15, 0.2) is 0 Å². The van der Waals surface area contributed by atoms with Crippen LogP contribution in [0.25, 0.3) is 0 Å². The topological polar surface area (TPSA) is 50.1 Å².